The number of carboxylic acids is 2. The first kappa shape index (κ1) is 13.7. The van der Waals surface area contributed by atoms with E-state index in [1.54, 1.807) is 13.0 Å². The van der Waals surface area contributed by atoms with Gasteiger partial charge in [-0.15, -0.1) is 0 Å². The van der Waals surface area contributed by atoms with Crippen molar-refractivity contribution in [1.82, 2.24) is 9.97 Å². The summed E-state index contributed by atoms with van der Waals surface area (Å²) in [6, 6.07) is 1.56. The Kier molecular flexibility index (Phi) is 4.41. The molecule has 0 bridgehead atoms. The Hall–Kier alpha value is -2.38. The second kappa shape index (κ2) is 5.80. The third-order valence-electron chi connectivity index (χ3n) is 1.96. The number of rotatable bonds is 6. The van der Waals surface area contributed by atoms with Crippen LogP contribution in [-0.4, -0.2) is 52.3 Å². The average molecular weight is 255 g/mol. The molecule has 8 nitrogen and oxygen atoms in total. The molecule has 18 heavy (non-hydrogen) atoms. The molecule has 98 valence electrons. The van der Waals surface area contributed by atoms with Gasteiger partial charge in [0.25, 0.3) is 0 Å². The summed E-state index contributed by atoms with van der Waals surface area (Å²) in [5, 5.41) is 17.5. The van der Waals surface area contributed by atoms with Crippen molar-refractivity contribution in [3.63, 3.8) is 0 Å². The fourth-order valence-electron chi connectivity index (χ4n) is 1.29. The van der Waals surface area contributed by atoms with Crippen molar-refractivity contribution < 1.29 is 24.5 Å². The van der Waals surface area contributed by atoms with Crippen LogP contribution in [0.5, 0.6) is 5.88 Å². The number of aliphatic carboxylic acids is 2. The van der Waals surface area contributed by atoms with Gasteiger partial charge in [0, 0.05) is 11.8 Å². The molecule has 2 N–H and O–H groups in total. The topological polar surface area (TPSA) is 113 Å². The van der Waals surface area contributed by atoms with Gasteiger partial charge in [0.1, 0.15) is 13.1 Å². The zero-order chi connectivity index (χ0) is 13.7. The van der Waals surface area contributed by atoms with Crippen molar-refractivity contribution in [2.75, 3.05) is 25.1 Å². The van der Waals surface area contributed by atoms with E-state index in [1.807, 2.05) is 0 Å². The van der Waals surface area contributed by atoms with Gasteiger partial charge in [-0.1, -0.05) is 0 Å². The monoisotopic (exact) mass is 255 g/mol. The third-order valence-corrected chi connectivity index (χ3v) is 1.96. The number of anilines is 1. The minimum Gasteiger partial charge on any atom is -0.481 e. The molecule has 0 aliphatic rings. The molecule has 0 spiro atoms. The number of carboxylic acid groups (broad SMARTS) is 2. The maximum absolute atomic E-state index is 10.7. The van der Waals surface area contributed by atoms with Gasteiger partial charge < -0.3 is 19.8 Å². The Bertz CT molecular complexity index is 447. The quantitative estimate of drug-likeness (QED) is 0.716. The van der Waals surface area contributed by atoms with Crippen molar-refractivity contribution in [2.24, 2.45) is 0 Å². The summed E-state index contributed by atoms with van der Waals surface area (Å²) < 4.78 is 4.92. The minimum absolute atomic E-state index is 0.0108. The Morgan fingerprint density at radius 1 is 1.28 bits per heavy atom. The van der Waals surface area contributed by atoms with E-state index in [0.717, 1.165) is 4.90 Å². The molecular weight excluding hydrogens is 242 g/mol. The molecule has 1 aromatic rings. The smallest absolute Gasteiger partial charge is 0.323 e. The maximum atomic E-state index is 10.7. The van der Waals surface area contributed by atoms with Gasteiger partial charge in [-0.25, -0.2) is 4.98 Å². The van der Waals surface area contributed by atoms with Crippen molar-refractivity contribution in [1.29, 1.82) is 0 Å². The van der Waals surface area contributed by atoms with E-state index >= 15 is 0 Å². The molecular formula is C10H13N3O5. The SMILES string of the molecule is COc1cc(C)nc(N(CC(=O)O)CC(=O)O)n1. The molecule has 1 heterocycles. The molecule has 0 aliphatic heterocycles. The third kappa shape index (κ3) is 3.89. The molecule has 0 radical (unpaired) electrons. The second-order valence-corrected chi connectivity index (χ2v) is 3.50. The highest BCUT2D eigenvalue weighted by molar-refractivity contribution is 5.78. The summed E-state index contributed by atoms with van der Waals surface area (Å²) in [5.74, 6) is -2.07. The van der Waals surface area contributed by atoms with Crippen molar-refractivity contribution in [3.05, 3.63) is 11.8 Å². The first-order valence-electron chi connectivity index (χ1n) is 5.00. The average Bonchev–Trinajstić information content (AvgIpc) is 2.26. The normalized spacial score (nSPS) is 9.89. The highest BCUT2D eigenvalue weighted by Gasteiger charge is 2.17. The Labute approximate surface area is 103 Å². The van der Waals surface area contributed by atoms with E-state index in [0.29, 0.717) is 5.69 Å². The first-order valence-corrected chi connectivity index (χ1v) is 5.00. The van der Waals surface area contributed by atoms with E-state index in [-0.39, 0.29) is 11.8 Å². The number of aromatic nitrogens is 2. The molecule has 0 unspecified atom stereocenters. The van der Waals surface area contributed by atoms with Crippen molar-refractivity contribution in [2.45, 2.75) is 6.92 Å². The molecule has 0 aliphatic carbocycles. The van der Waals surface area contributed by atoms with Crippen LogP contribution in [0.4, 0.5) is 5.95 Å². The van der Waals surface area contributed by atoms with Crippen LogP contribution in [0.25, 0.3) is 0 Å². The lowest BCUT2D eigenvalue weighted by molar-refractivity contribution is -0.136. The standard InChI is InChI=1S/C10H13N3O5/c1-6-3-7(18-2)12-10(11-6)13(4-8(14)15)5-9(16)17/h3H,4-5H2,1-2H3,(H,14,15)(H,16,17). The van der Waals surface area contributed by atoms with Crippen LogP contribution in [0.3, 0.4) is 0 Å². The lowest BCUT2D eigenvalue weighted by Crippen LogP contribution is -2.35. The summed E-state index contributed by atoms with van der Waals surface area (Å²) in [4.78, 5) is 30.3. The van der Waals surface area contributed by atoms with Gasteiger partial charge in [-0.05, 0) is 6.92 Å². The summed E-state index contributed by atoms with van der Waals surface area (Å²) in [5.41, 5.74) is 0.553. The lowest BCUT2D eigenvalue weighted by atomic mass is 10.4. The summed E-state index contributed by atoms with van der Waals surface area (Å²) in [6.07, 6.45) is 0. The number of methoxy groups -OCH3 is 1. The van der Waals surface area contributed by atoms with Crippen molar-refractivity contribution in [3.8, 4) is 5.88 Å². The van der Waals surface area contributed by atoms with Gasteiger partial charge in [-0.3, -0.25) is 9.59 Å². The molecule has 1 rings (SSSR count). The van der Waals surface area contributed by atoms with Gasteiger partial charge in [-0.2, -0.15) is 4.98 Å². The predicted octanol–water partition coefficient (Wildman–Crippen LogP) is -0.231. The molecule has 8 heteroatoms. The lowest BCUT2D eigenvalue weighted by Gasteiger charge is -2.18. The molecule has 0 atom stereocenters. The van der Waals surface area contributed by atoms with Crippen LogP contribution in [0, 0.1) is 6.92 Å². The second-order valence-electron chi connectivity index (χ2n) is 3.50. The summed E-state index contributed by atoms with van der Waals surface area (Å²) in [6.45, 7) is 0.672. The number of carbonyl (C=O) groups is 2. The van der Waals surface area contributed by atoms with E-state index in [4.69, 9.17) is 14.9 Å². The van der Waals surface area contributed by atoms with Crippen LogP contribution in [-0.2, 0) is 9.59 Å². The van der Waals surface area contributed by atoms with Gasteiger partial charge >= 0.3 is 11.9 Å². The molecule has 0 aromatic carbocycles. The Balaban J connectivity index is 3.06. The highest BCUT2D eigenvalue weighted by atomic mass is 16.5. The zero-order valence-electron chi connectivity index (χ0n) is 9.95. The minimum atomic E-state index is -1.17. The fraction of sp³-hybridized carbons (Fsp3) is 0.400. The van der Waals surface area contributed by atoms with Crippen LogP contribution in [0.2, 0.25) is 0 Å². The van der Waals surface area contributed by atoms with Crippen LogP contribution in [0.1, 0.15) is 5.69 Å². The van der Waals surface area contributed by atoms with Gasteiger partial charge in [0.2, 0.25) is 11.8 Å². The summed E-state index contributed by atoms with van der Waals surface area (Å²) in [7, 11) is 1.41. The summed E-state index contributed by atoms with van der Waals surface area (Å²) >= 11 is 0. The van der Waals surface area contributed by atoms with E-state index in [1.165, 1.54) is 7.11 Å². The molecule has 0 saturated carbocycles. The van der Waals surface area contributed by atoms with Crippen LogP contribution >= 0.6 is 0 Å². The molecule has 0 amide bonds. The van der Waals surface area contributed by atoms with Gasteiger partial charge in [0.05, 0.1) is 7.11 Å². The maximum Gasteiger partial charge on any atom is 0.323 e. The highest BCUT2D eigenvalue weighted by Crippen LogP contribution is 2.14. The van der Waals surface area contributed by atoms with Crippen molar-refractivity contribution >= 4 is 17.9 Å². The largest absolute Gasteiger partial charge is 0.481 e. The fourth-order valence-corrected chi connectivity index (χ4v) is 1.29. The number of aryl methyl sites for hydroxylation is 1. The van der Waals surface area contributed by atoms with E-state index in [9.17, 15) is 9.59 Å². The number of ether oxygens (including phenoxy) is 1. The van der Waals surface area contributed by atoms with Gasteiger partial charge in [0.15, 0.2) is 0 Å². The van der Waals surface area contributed by atoms with Crippen LogP contribution in [0.15, 0.2) is 6.07 Å². The van der Waals surface area contributed by atoms with E-state index < -0.39 is 25.0 Å². The zero-order valence-corrected chi connectivity index (χ0v) is 9.95. The Morgan fingerprint density at radius 2 is 1.83 bits per heavy atom. The predicted molar refractivity (Wildman–Crippen MR) is 60.8 cm³/mol. The number of hydrogen-bond acceptors (Lipinski definition) is 6. The van der Waals surface area contributed by atoms with Crippen LogP contribution < -0.4 is 9.64 Å². The molecule has 1 aromatic heterocycles. The molecule has 0 saturated heterocycles. The number of nitrogens with zero attached hydrogens (tertiary/aromatic N) is 3. The number of hydrogen-bond donors (Lipinski definition) is 2. The Morgan fingerprint density at radius 3 is 2.28 bits per heavy atom. The molecule has 0 fully saturated rings. The van der Waals surface area contributed by atoms with E-state index in [2.05, 4.69) is 9.97 Å². The first-order chi connectivity index (χ1) is 8.42.